The maximum atomic E-state index is 12.6. The van der Waals surface area contributed by atoms with E-state index in [1.807, 2.05) is 12.1 Å². The fourth-order valence-electron chi connectivity index (χ4n) is 5.25. The van der Waals surface area contributed by atoms with E-state index < -0.39 is 9.73 Å². The molecule has 1 atom stereocenters. The number of halogens is 1. The molecule has 3 aliphatic carbocycles. The Morgan fingerprint density at radius 3 is 2.72 bits per heavy atom. The number of carbonyl (C=O) groups excluding carboxylic acids is 1. The number of benzene rings is 1. The molecule has 3 aliphatic rings. The minimum absolute atomic E-state index is 0.103. The van der Waals surface area contributed by atoms with E-state index in [1.54, 1.807) is 6.07 Å². The second-order valence-corrected chi connectivity index (χ2v) is 12.3. The lowest BCUT2D eigenvalue weighted by Crippen LogP contribution is -2.55. The quantitative estimate of drug-likeness (QED) is 0.501. The van der Waals surface area contributed by atoms with Crippen LogP contribution in [0, 0.1) is 16.1 Å². The summed E-state index contributed by atoms with van der Waals surface area (Å²) in [6, 6.07) is 8.61. The van der Waals surface area contributed by atoms with Gasteiger partial charge in [-0.05, 0) is 80.2 Å². The van der Waals surface area contributed by atoms with Gasteiger partial charge in [-0.1, -0.05) is 11.6 Å². The van der Waals surface area contributed by atoms with Crippen molar-refractivity contribution >= 4 is 38.3 Å². The summed E-state index contributed by atoms with van der Waals surface area (Å²) in [6.45, 7) is 0. The van der Waals surface area contributed by atoms with Gasteiger partial charge in [0.25, 0.3) is 5.91 Å². The number of nitrogens with one attached hydrogen (secondary N) is 2. The van der Waals surface area contributed by atoms with Crippen LogP contribution in [0.25, 0.3) is 11.1 Å². The predicted octanol–water partition coefficient (Wildman–Crippen LogP) is 5.35. The first-order valence-corrected chi connectivity index (χ1v) is 13.1. The molecule has 2 aromatic heterocycles. The van der Waals surface area contributed by atoms with E-state index in [-0.39, 0.29) is 28.2 Å². The minimum Gasteiger partial charge on any atom is -0.441 e. The van der Waals surface area contributed by atoms with E-state index >= 15 is 0 Å². The average Bonchev–Trinajstić information content (AvgIpc) is 3.18. The molecule has 9 heteroatoms. The van der Waals surface area contributed by atoms with Crippen molar-refractivity contribution in [2.75, 3.05) is 5.75 Å². The molecule has 1 unspecified atom stereocenters. The van der Waals surface area contributed by atoms with Gasteiger partial charge in [-0.2, -0.15) is 0 Å². The third kappa shape index (κ3) is 3.63. The maximum Gasteiger partial charge on any atom is 0.287 e. The Balaban J connectivity index is 1.03. The molecule has 1 aromatic carbocycles. The number of hydrogen-bond acceptors (Lipinski definition) is 6. The molecule has 2 heterocycles. The SMILES string of the molecule is N=S(=O)(CC1CC1)c1ccc(C(=O)N[C@H]2CC3(C2)C[C@H](c2nc4cc(Cl)ccc4o2)C3)o1. The Morgan fingerprint density at radius 2 is 1.97 bits per heavy atom. The van der Waals surface area contributed by atoms with Crippen LogP contribution in [0.4, 0.5) is 0 Å². The zero-order valence-electron chi connectivity index (χ0n) is 17.4. The lowest BCUT2D eigenvalue weighted by atomic mass is 9.50. The van der Waals surface area contributed by atoms with E-state index in [2.05, 4.69) is 10.3 Å². The van der Waals surface area contributed by atoms with Gasteiger partial charge >= 0.3 is 0 Å². The fraction of sp³-hybridized carbons (Fsp3) is 0.478. The number of oxazole rings is 1. The summed E-state index contributed by atoms with van der Waals surface area (Å²) in [5.41, 5.74) is 1.80. The lowest BCUT2D eigenvalue weighted by molar-refractivity contribution is -0.0256. The Bertz CT molecular complexity index is 1310. The number of rotatable bonds is 6. The molecule has 32 heavy (non-hydrogen) atoms. The highest BCUT2D eigenvalue weighted by Gasteiger charge is 2.54. The highest BCUT2D eigenvalue weighted by molar-refractivity contribution is 7.92. The second kappa shape index (κ2) is 7.09. The molecule has 1 amide bonds. The first-order valence-electron chi connectivity index (χ1n) is 11.0. The third-order valence-electron chi connectivity index (χ3n) is 7.07. The fourth-order valence-corrected chi connectivity index (χ4v) is 7.09. The van der Waals surface area contributed by atoms with Gasteiger partial charge < -0.3 is 14.2 Å². The molecule has 3 aromatic rings. The van der Waals surface area contributed by atoms with Crippen molar-refractivity contribution in [3.05, 3.63) is 47.0 Å². The van der Waals surface area contributed by atoms with E-state index in [9.17, 15) is 9.00 Å². The largest absolute Gasteiger partial charge is 0.441 e. The zero-order chi connectivity index (χ0) is 22.1. The van der Waals surface area contributed by atoms with Crippen LogP contribution in [0.1, 0.15) is 60.9 Å². The maximum absolute atomic E-state index is 12.6. The van der Waals surface area contributed by atoms with E-state index in [0.717, 1.165) is 55.5 Å². The number of carbonyl (C=O) groups is 1. The molecule has 168 valence electrons. The molecule has 6 rings (SSSR count). The number of nitrogens with zero attached hydrogens (tertiary/aromatic N) is 1. The van der Waals surface area contributed by atoms with Gasteiger partial charge in [0.15, 0.2) is 22.3 Å². The van der Waals surface area contributed by atoms with Gasteiger partial charge in [0.05, 0.1) is 0 Å². The van der Waals surface area contributed by atoms with Crippen LogP contribution in [0.2, 0.25) is 5.02 Å². The molecular formula is C23H24ClN3O4S. The van der Waals surface area contributed by atoms with Crippen molar-refractivity contribution in [1.82, 2.24) is 10.3 Å². The number of fused-ring (bicyclic) bond motifs is 1. The molecule has 0 saturated heterocycles. The smallest absolute Gasteiger partial charge is 0.287 e. The predicted molar refractivity (Wildman–Crippen MR) is 119 cm³/mol. The van der Waals surface area contributed by atoms with Crippen molar-refractivity contribution in [3.63, 3.8) is 0 Å². The summed E-state index contributed by atoms with van der Waals surface area (Å²) >= 11 is 6.03. The molecule has 3 saturated carbocycles. The molecule has 0 aliphatic heterocycles. The van der Waals surface area contributed by atoms with Crippen LogP contribution < -0.4 is 5.32 Å². The highest BCUT2D eigenvalue weighted by atomic mass is 35.5. The summed E-state index contributed by atoms with van der Waals surface area (Å²) in [5.74, 6) is 1.59. The monoisotopic (exact) mass is 473 g/mol. The summed E-state index contributed by atoms with van der Waals surface area (Å²) in [6.07, 6.45) is 5.90. The van der Waals surface area contributed by atoms with Crippen LogP contribution >= 0.6 is 11.6 Å². The number of furan rings is 1. The molecule has 0 bridgehead atoms. The van der Waals surface area contributed by atoms with Crippen molar-refractivity contribution in [2.24, 2.45) is 11.3 Å². The first kappa shape index (κ1) is 20.3. The van der Waals surface area contributed by atoms with Crippen molar-refractivity contribution in [3.8, 4) is 0 Å². The highest BCUT2D eigenvalue weighted by Crippen LogP contribution is 2.61. The summed E-state index contributed by atoms with van der Waals surface area (Å²) < 4.78 is 32.0. The molecule has 7 nitrogen and oxygen atoms in total. The number of hydrogen-bond donors (Lipinski definition) is 2. The average molecular weight is 474 g/mol. The molecular weight excluding hydrogens is 450 g/mol. The molecule has 1 spiro atoms. The summed E-state index contributed by atoms with van der Waals surface area (Å²) in [4.78, 5) is 17.2. The molecule has 3 fully saturated rings. The Kier molecular flexibility index (Phi) is 4.50. The Hall–Kier alpha value is -2.32. The van der Waals surface area contributed by atoms with E-state index in [1.165, 1.54) is 12.1 Å². The molecule has 0 radical (unpaired) electrons. The van der Waals surface area contributed by atoms with E-state index in [0.29, 0.717) is 22.6 Å². The van der Waals surface area contributed by atoms with Crippen molar-refractivity contribution in [2.45, 2.75) is 55.6 Å². The lowest BCUT2D eigenvalue weighted by Gasteiger charge is -2.57. The first-order chi connectivity index (χ1) is 15.3. The summed E-state index contributed by atoms with van der Waals surface area (Å²) in [7, 11) is -2.96. The van der Waals surface area contributed by atoms with E-state index in [4.69, 9.17) is 25.2 Å². The van der Waals surface area contributed by atoms with Crippen LogP contribution in [-0.4, -0.2) is 26.9 Å². The van der Waals surface area contributed by atoms with Gasteiger partial charge in [-0.3, -0.25) is 4.79 Å². The third-order valence-corrected chi connectivity index (χ3v) is 9.11. The number of amides is 1. The van der Waals surface area contributed by atoms with Gasteiger partial charge in [-0.15, -0.1) is 0 Å². The van der Waals surface area contributed by atoms with Crippen LogP contribution in [0.3, 0.4) is 0 Å². The van der Waals surface area contributed by atoms with Crippen LogP contribution in [0.5, 0.6) is 0 Å². The van der Waals surface area contributed by atoms with Crippen molar-refractivity contribution < 1.29 is 17.8 Å². The van der Waals surface area contributed by atoms with Crippen molar-refractivity contribution in [1.29, 1.82) is 4.78 Å². The normalized spacial score (nSPS) is 28.8. The van der Waals surface area contributed by atoms with Gasteiger partial charge in [0.1, 0.15) is 15.2 Å². The van der Waals surface area contributed by atoms with Crippen LogP contribution in [0.15, 0.2) is 44.3 Å². The standard InChI is InChI=1S/C23H24ClN3O4S/c24-15-3-4-18-17(7-15)27-22(31-18)14-8-23(9-14)10-16(11-23)26-21(28)19-5-6-20(30-19)32(25,29)12-13-1-2-13/h3-7,13-14,16,25H,1-2,8-12H2,(H,26,28)/t14-,16-,23?,32?. The van der Waals surface area contributed by atoms with Gasteiger partial charge in [0.2, 0.25) is 0 Å². The van der Waals surface area contributed by atoms with Gasteiger partial charge in [-0.25, -0.2) is 14.0 Å². The summed E-state index contributed by atoms with van der Waals surface area (Å²) in [5, 5.41) is 3.78. The van der Waals surface area contributed by atoms with Crippen LogP contribution in [-0.2, 0) is 9.73 Å². The Morgan fingerprint density at radius 1 is 1.19 bits per heavy atom. The molecule has 2 N–H and O–H groups in total. The minimum atomic E-state index is -2.96. The second-order valence-electron chi connectivity index (χ2n) is 9.75. The number of aromatic nitrogens is 1. The Labute approximate surface area is 190 Å². The van der Waals surface area contributed by atoms with Gasteiger partial charge in [0, 0.05) is 22.7 Å². The topological polar surface area (TPSA) is 109 Å². The zero-order valence-corrected chi connectivity index (χ0v) is 19.0.